The van der Waals surface area contributed by atoms with Crippen molar-refractivity contribution in [2.45, 2.75) is 18.9 Å². The second-order valence-electron chi connectivity index (χ2n) is 5.52. The summed E-state index contributed by atoms with van der Waals surface area (Å²) in [6, 6.07) is 14.2. The molecule has 3 rings (SSSR count). The van der Waals surface area contributed by atoms with E-state index in [4.69, 9.17) is 0 Å². The molecule has 23 heavy (non-hydrogen) atoms. The highest BCUT2D eigenvalue weighted by Gasteiger charge is 2.34. The largest absolute Gasteiger partial charge is 0.327 e. The van der Waals surface area contributed by atoms with Crippen LogP contribution in [0.4, 0.5) is 10.1 Å². The average molecular weight is 312 g/mol. The maximum atomic E-state index is 13.3. The molecule has 2 amide bonds. The van der Waals surface area contributed by atoms with Gasteiger partial charge in [-0.1, -0.05) is 24.3 Å². The fraction of sp³-hybridized carbons (Fsp3) is 0.222. The molecule has 1 heterocycles. The molecule has 1 fully saturated rings. The van der Waals surface area contributed by atoms with Crippen LogP contribution in [0.1, 0.15) is 23.2 Å². The molecule has 1 N–H and O–H groups in total. The highest BCUT2D eigenvalue weighted by atomic mass is 19.1. The third-order valence-electron chi connectivity index (χ3n) is 3.93. The van der Waals surface area contributed by atoms with Crippen LogP contribution in [0.5, 0.6) is 0 Å². The van der Waals surface area contributed by atoms with Gasteiger partial charge in [-0.15, -0.1) is 0 Å². The smallest absolute Gasteiger partial charge is 0.254 e. The molecule has 0 spiro atoms. The Bertz CT molecular complexity index is 718. The summed E-state index contributed by atoms with van der Waals surface area (Å²) in [5, 5.41) is 2.82. The van der Waals surface area contributed by atoms with E-state index in [1.54, 1.807) is 18.2 Å². The summed E-state index contributed by atoms with van der Waals surface area (Å²) in [6.45, 7) is 0.502. The number of likely N-dealkylation sites (tertiary alicyclic amines) is 1. The highest BCUT2D eigenvalue weighted by Crippen LogP contribution is 2.22. The van der Waals surface area contributed by atoms with Crippen LogP contribution in [0, 0.1) is 5.82 Å². The van der Waals surface area contributed by atoms with Crippen LogP contribution >= 0.6 is 0 Å². The van der Waals surface area contributed by atoms with Gasteiger partial charge in [-0.25, -0.2) is 4.39 Å². The monoisotopic (exact) mass is 312 g/mol. The first-order chi connectivity index (χ1) is 11.1. The van der Waals surface area contributed by atoms with Crippen LogP contribution in [0.15, 0.2) is 54.6 Å². The fourth-order valence-corrected chi connectivity index (χ4v) is 2.82. The maximum absolute atomic E-state index is 13.3. The molecule has 5 heteroatoms. The van der Waals surface area contributed by atoms with Crippen molar-refractivity contribution in [2.75, 3.05) is 11.9 Å². The number of benzene rings is 2. The quantitative estimate of drug-likeness (QED) is 0.947. The van der Waals surface area contributed by atoms with Crippen LogP contribution in [0.25, 0.3) is 0 Å². The van der Waals surface area contributed by atoms with Crippen molar-refractivity contribution in [3.63, 3.8) is 0 Å². The Balaban J connectivity index is 1.74. The number of amides is 2. The van der Waals surface area contributed by atoms with Crippen LogP contribution in [0.3, 0.4) is 0 Å². The summed E-state index contributed by atoms with van der Waals surface area (Å²) in [6.07, 6.45) is 1.37. The van der Waals surface area contributed by atoms with Gasteiger partial charge >= 0.3 is 0 Å². The third-order valence-corrected chi connectivity index (χ3v) is 3.93. The SMILES string of the molecule is O=C(Nc1ccccc1)[C@@H]1CCCN1C(=O)c1cccc(F)c1. The van der Waals surface area contributed by atoms with Crippen molar-refractivity contribution in [1.82, 2.24) is 4.90 Å². The van der Waals surface area contributed by atoms with E-state index >= 15 is 0 Å². The first kappa shape index (κ1) is 15.2. The second kappa shape index (κ2) is 6.60. The summed E-state index contributed by atoms with van der Waals surface area (Å²) in [5.41, 5.74) is 0.965. The van der Waals surface area contributed by atoms with Gasteiger partial charge in [0.25, 0.3) is 5.91 Å². The van der Waals surface area contributed by atoms with Crippen molar-refractivity contribution < 1.29 is 14.0 Å². The number of rotatable bonds is 3. The summed E-state index contributed by atoms with van der Waals surface area (Å²) in [4.78, 5) is 26.5. The van der Waals surface area contributed by atoms with Crippen LogP contribution in [0.2, 0.25) is 0 Å². The molecule has 0 aromatic heterocycles. The van der Waals surface area contributed by atoms with Crippen molar-refractivity contribution in [3.8, 4) is 0 Å². The molecule has 0 saturated carbocycles. The second-order valence-corrected chi connectivity index (χ2v) is 5.52. The molecule has 1 aliphatic rings. The molecule has 0 aliphatic carbocycles. The molecule has 2 aromatic rings. The van der Waals surface area contributed by atoms with Gasteiger partial charge in [0.2, 0.25) is 5.91 Å². The van der Waals surface area contributed by atoms with Crippen LogP contribution < -0.4 is 5.32 Å². The number of hydrogen-bond acceptors (Lipinski definition) is 2. The Labute approximate surface area is 133 Å². The zero-order chi connectivity index (χ0) is 16.2. The number of halogens is 1. The number of nitrogens with zero attached hydrogens (tertiary/aromatic N) is 1. The molecule has 4 nitrogen and oxygen atoms in total. The lowest BCUT2D eigenvalue weighted by molar-refractivity contribution is -0.119. The van der Waals surface area contributed by atoms with E-state index in [1.807, 2.05) is 18.2 Å². The zero-order valence-corrected chi connectivity index (χ0v) is 12.5. The van der Waals surface area contributed by atoms with Gasteiger partial charge in [-0.3, -0.25) is 9.59 Å². The number of para-hydroxylation sites is 1. The van der Waals surface area contributed by atoms with Crippen molar-refractivity contribution in [1.29, 1.82) is 0 Å². The maximum Gasteiger partial charge on any atom is 0.254 e. The van der Waals surface area contributed by atoms with E-state index in [0.29, 0.717) is 18.7 Å². The van der Waals surface area contributed by atoms with E-state index < -0.39 is 11.9 Å². The molecular formula is C18H17FN2O2. The van der Waals surface area contributed by atoms with E-state index in [2.05, 4.69) is 5.32 Å². The van der Waals surface area contributed by atoms with Crippen LogP contribution in [-0.2, 0) is 4.79 Å². The molecule has 0 bridgehead atoms. The molecule has 1 atom stereocenters. The van der Waals surface area contributed by atoms with Crippen LogP contribution in [-0.4, -0.2) is 29.3 Å². The van der Waals surface area contributed by atoms with Gasteiger partial charge in [0.1, 0.15) is 11.9 Å². The molecule has 1 aliphatic heterocycles. The highest BCUT2D eigenvalue weighted by molar-refractivity contribution is 6.01. The van der Waals surface area contributed by atoms with Gasteiger partial charge in [0.05, 0.1) is 0 Å². The zero-order valence-electron chi connectivity index (χ0n) is 12.5. The topological polar surface area (TPSA) is 49.4 Å². The number of carbonyl (C=O) groups excluding carboxylic acids is 2. The molecular weight excluding hydrogens is 295 g/mol. The molecule has 118 valence electrons. The minimum atomic E-state index is -0.522. The van der Waals surface area contributed by atoms with E-state index in [1.165, 1.54) is 23.1 Å². The summed E-state index contributed by atoms with van der Waals surface area (Å²) < 4.78 is 13.3. The summed E-state index contributed by atoms with van der Waals surface area (Å²) in [5.74, 6) is -0.978. The fourth-order valence-electron chi connectivity index (χ4n) is 2.82. The minimum absolute atomic E-state index is 0.210. The van der Waals surface area contributed by atoms with Gasteiger partial charge in [-0.05, 0) is 43.2 Å². The molecule has 0 radical (unpaired) electrons. The first-order valence-electron chi connectivity index (χ1n) is 7.57. The standard InChI is InChI=1S/C18H17FN2O2/c19-14-7-4-6-13(12-14)18(23)21-11-5-10-16(21)17(22)20-15-8-2-1-3-9-15/h1-4,6-9,12,16H,5,10-11H2,(H,20,22)/t16-/m0/s1. The minimum Gasteiger partial charge on any atom is -0.327 e. The Hall–Kier alpha value is -2.69. The van der Waals surface area contributed by atoms with Crippen molar-refractivity contribution >= 4 is 17.5 Å². The van der Waals surface area contributed by atoms with E-state index in [-0.39, 0.29) is 17.4 Å². The Morgan fingerprint density at radius 3 is 2.61 bits per heavy atom. The van der Waals surface area contributed by atoms with Gasteiger partial charge in [-0.2, -0.15) is 0 Å². The predicted molar refractivity (Wildman–Crippen MR) is 85.5 cm³/mol. The normalized spacial score (nSPS) is 17.1. The molecule has 1 saturated heterocycles. The summed E-state index contributed by atoms with van der Waals surface area (Å²) >= 11 is 0. The lowest BCUT2D eigenvalue weighted by atomic mass is 10.1. The Morgan fingerprint density at radius 2 is 1.87 bits per heavy atom. The molecule has 2 aromatic carbocycles. The number of nitrogens with one attached hydrogen (secondary N) is 1. The van der Waals surface area contributed by atoms with E-state index in [9.17, 15) is 14.0 Å². The number of hydrogen-bond donors (Lipinski definition) is 1. The summed E-state index contributed by atoms with van der Waals surface area (Å²) in [7, 11) is 0. The lowest BCUT2D eigenvalue weighted by Gasteiger charge is -2.24. The van der Waals surface area contributed by atoms with Gasteiger partial charge in [0.15, 0.2) is 0 Å². The van der Waals surface area contributed by atoms with Gasteiger partial charge in [0, 0.05) is 17.8 Å². The average Bonchev–Trinajstić information content (AvgIpc) is 3.05. The Kier molecular flexibility index (Phi) is 4.37. The van der Waals surface area contributed by atoms with Crippen molar-refractivity contribution in [2.24, 2.45) is 0 Å². The third kappa shape index (κ3) is 3.39. The van der Waals surface area contributed by atoms with E-state index in [0.717, 1.165) is 6.42 Å². The molecule has 0 unspecified atom stereocenters. The lowest BCUT2D eigenvalue weighted by Crippen LogP contribution is -2.43. The first-order valence-corrected chi connectivity index (χ1v) is 7.57. The van der Waals surface area contributed by atoms with Gasteiger partial charge < -0.3 is 10.2 Å². The number of carbonyl (C=O) groups is 2. The predicted octanol–water partition coefficient (Wildman–Crippen LogP) is 3.07. The Morgan fingerprint density at radius 1 is 1.09 bits per heavy atom. The van der Waals surface area contributed by atoms with Crippen molar-refractivity contribution in [3.05, 3.63) is 66.0 Å². The number of anilines is 1.